The first kappa shape index (κ1) is 27.3. The molecule has 0 radical (unpaired) electrons. The van der Waals surface area contributed by atoms with Crippen LogP contribution in [0.25, 0.3) is 0 Å². The van der Waals surface area contributed by atoms with Crippen LogP contribution in [-0.4, -0.2) is 60.0 Å². The molecule has 2 saturated heterocycles. The molecule has 204 valence electrons. The van der Waals surface area contributed by atoms with E-state index in [2.05, 4.69) is 10.6 Å². The molecule has 2 aliphatic heterocycles. The number of hydrogen-bond donors (Lipinski definition) is 3. The average Bonchev–Trinajstić information content (AvgIpc) is 3.16. The Balaban J connectivity index is 1.48. The maximum Gasteiger partial charge on any atom is 0.245 e. The summed E-state index contributed by atoms with van der Waals surface area (Å²) in [7, 11) is 0. The lowest BCUT2D eigenvalue weighted by molar-refractivity contribution is -0.145. The van der Waals surface area contributed by atoms with Crippen molar-refractivity contribution >= 4 is 17.7 Å². The molecule has 0 aromatic heterocycles. The van der Waals surface area contributed by atoms with Crippen LogP contribution < -0.4 is 16.4 Å². The van der Waals surface area contributed by atoms with Crippen LogP contribution in [-0.2, 0) is 14.4 Å². The van der Waals surface area contributed by atoms with E-state index in [4.69, 9.17) is 5.73 Å². The van der Waals surface area contributed by atoms with Crippen molar-refractivity contribution in [3.8, 4) is 0 Å². The van der Waals surface area contributed by atoms with Crippen LogP contribution in [0.4, 0.5) is 4.39 Å². The summed E-state index contributed by atoms with van der Waals surface area (Å²) >= 11 is 0. The lowest BCUT2D eigenvalue weighted by Crippen LogP contribution is -2.59. The molecule has 2 heterocycles. The normalized spacial score (nSPS) is 32.8. The Hall–Kier alpha value is -1.70. The van der Waals surface area contributed by atoms with Gasteiger partial charge in [0.2, 0.25) is 17.7 Å². The highest BCUT2D eigenvalue weighted by atomic mass is 19.1. The molecule has 3 atom stereocenters. The average molecular weight is 507 g/mol. The van der Waals surface area contributed by atoms with E-state index in [9.17, 15) is 18.8 Å². The molecule has 2 aliphatic carbocycles. The molecule has 1 spiro atoms. The molecule has 7 nitrogen and oxygen atoms in total. The zero-order chi connectivity index (χ0) is 25.9. The van der Waals surface area contributed by atoms with Gasteiger partial charge in [-0.3, -0.25) is 14.4 Å². The van der Waals surface area contributed by atoms with Gasteiger partial charge in [0, 0.05) is 19.6 Å². The summed E-state index contributed by atoms with van der Waals surface area (Å²) in [6.07, 6.45) is 11.2. The highest BCUT2D eigenvalue weighted by Gasteiger charge is 2.55. The van der Waals surface area contributed by atoms with Crippen molar-refractivity contribution in [1.82, 2.24) is 15.5 Å². The summed E-state index contributed by atoms with van der Waals surface area (Å²) in [6.45, 7) is 4.91. The summed E-state index contributed by atoms with van der Waals surface area (Å²) < 4.78 is 13.8. The predicted octanol–water partition coefficient (Wildman–Crippen LogP) is 3.45. The van der Waals surface area contributed by atoms with Crippen LogP contribution in [0.2, 0.25) is 0 Å². The third kappa shape index (κ3) is 6.05. The maximum absolute atomic E-state index is 13.9. The molecule has 3 amide bonds. The first-order valence-corrected chi connectivity index (χ1v) is 14.4. The van der Waals surface area contributed by atoms with Gasteiger partial charge in [-0.1, -0.05) is 32.1 Å². The number of carbonyl (C=O) groups excluding carboxylic acids is 3. The fourth-order valence-corrected chi connectivity index (χ4v) is 7.30. The Morgan fingerprint density at radius 3 is 2.50 bits per heavy atom. The summed E-state index contributed by atoms with van der Waals surface area (Å²) in [5, 5.41) is 6.06. The lowest BCUT2D eigenvalue weighted by atomic mass is 9.63. The van der Waals surface area contributed by atoms with E-state index < -0.39 is 23.2 Å². The van der Waals surface area contributed by atoms with Crippen LogP contribution in [0.3, 0.4) is 0 Å². The Kier molecular flexibility index (Phi) is 8.63. The van der Waals surface area contributed by atoms with Crippen LogP contribution in [0, 0.1) is 23.2 Å². The van der Waals surface area contributed by atoms with Crippen molar-refractivity contribution in [2.45, 2.75) is 115 Å². The number of nitrogens with zero attached hydrogens (tertiary/aromatic N) is 1. The third-order valence-corrected chi connectivity index (χ3v) is 9.53. The number of nitrogens with one attached hydrogen (secondary N) is 2. The standard InChI is InChI=1S/C28H47FN4O3/c1-27(2,30)25(35)32-23(14-9-19-7-4-3-5-8-19)24(34)33-16-6-15-28(18-33)22(17-31-26(28)36)20-10-12-21(29)13-11-20/h19-23H,3-18,30H2,1-2H3,(H,31,36)(H,32,35). The number of amides is 3. The Morgan fingerprint density at radius 2 is 1.83 bits per heavy atom. The van der Waals surface area contributed by atoms with Gasteiger partial charge >= 0.3 is 0 Å². The van der Waals surface area contributed by atoms with Crippen molar-refractivity contribution < 1.29 is 18.8 Å². The Labute approximate surface area is 215 Å². The van der Waals surface area contributed by atoms with E-state index in [-0.39, 0.29) is 23.6 Å². The van der Waals surface area contributed by atoms with E-state index >= 15 is 0 Å². The predicted molar refractivity (Wildman–Crippen MR) is 138 cm³/mol. The van der Waals surface area contributed by atoms with E-state index in [1.54, 1.807) is 13.8 Å². The fourth-order valence-electron chi connectivity index (χ4n) is 7.30. The topological polar surface area (TPSA) is 105 Å². The van der Waals surface area contributed by atoms with E-state index in [0.29, 0.717) is 50.7 Å². The minimum Gasteiger partial charge on any atom is -0.355 e. The largest absolute Gasteiger partial charge is 0.355 e. The second-order valence-electron chi connectivity index (χ2n) is 12.7. The maximum atomic E-state index is 13.9. The zero-order valence-corrected chi connectivity index (χ0v) is 22.3. The molecule has 36 heavy (non-hydrogen) atoms. The third-order valence-electron chi connectivity index (χ3n) is 9.53. The van der Waals surface area contributed by atoms with Gasteiger partial charge in [-0.15, -0.1) is 0 Å². The van der Waals surface area contributed by atoms with Gasteiger partial charge in [-0.2, -0.15) is 0 Å². The molecule has 2 saturated carbocycles. The second kappa shape index (κ2) is 11.4. The zero-order valence-electron chi connectivity index (χ0n) is 22.3. The second-order valence-corrected chi connectivity index (χ2v) is 12.7. The molecule has 4 fully saturated rings. The molecule has 0 aromatic rings. The molecule has 4 aliphatic rings. The number of nitrogens with two attached hydrogens (primary N) is 1. The molecule has 8 heteroatoms. The molecule has 3 unspecified atom stereocenters. The SMILES string of the molecule is CC(C)(N)C(=O)NC(CCC1CCCCC1)C(=O)N1CCCC2(C1)C(=O)NCC2C1CCC(F)CC1. The Morgan fingerprint density at radius 1 is 1.14 bits per heavy atom. The molecule has 4 rings (SSSR count). The van der Waals surface area contributed by atoms with Crippen molar-refractivity contribution in [2.24, 2.45) is 28.9 Å². The van der Waals surface area contributed by atoms with Crippen molar-refractivity contribution in [2.75, 3.05) is 19.6 Å². The number of alkyl halides is 1. The molecule has 0 bridgehead atoms. The van der Waals surface area contributed by atoms with Crippen LogP contribution in [0.5, 0.6) is 0 Å². The van der Waals surface area contributed by atoms with Crippen molar-refractivity contribution in [3.05, 3.63) is 0 Å². The highest BCUT2D eigenvalue weighted by molar-refractivity contribution is 5.92. The Bertz CT molecular complexity index is 801. The highest BCUT2D eigenvalue weighted by Crippen LogP contribution is 2.48. The number of halogens is 1. The van der Waals surface area contributed by atoms with Crippen molar-refractivity contribution in [1.29, 1.82) is 0 Å². The van der Waals surface area contributed by atoms with Crippen molar-refractivity contribution in [3.63, 3.8) is 0 Å². The quantitative estimate of drug-likeness (QED) is 0.492. The molecule has 4 N–H and O–H groups in total. The summed E-state index contributed by atoms with van der Waals surface area (Å²) in [6, 6.07) is -0.623. The van der Waals surface area contributed by atoms with Gasteiger partial charge in [0.1, 0.15) is 12.2 Å². The number of hydrogen-bond acceptors (Lipinski definition) is 4. The van der Waals surface area contributed by atoms with Crippen LogP contribution in [0.1, 0.15) is 97.3 Å². The fraction of sp³-hybridized carbons (Fsp3) is 0.893. The van der Waals surface area contributed by atoms with E-state index in [1.807, 2.05) is 4.90 Å². The first-order chi connectivity index (χ1) is 17.1. The number of piperidine rings is 1. The van der Waals surface area contributed by atoms with Gasteiger partial charge in [0.25, 0.3) is 0 Å². The summed E-state index contributed by atoms with van der Waals surface area (Å²) in [5.41, 5.74) is 4.38. The van der Waals surface area contributed by atoms with Gasteiger partial charge in [0.15, 0.2) is 0 Å². The van der Waals surface area contributed by atoms with Gasteiger partial charge < -0.3 is 21.3 Å². The minimum absolute atomic E-state index is 0.0401. The smallest absolute Gasteiger partial charge is 0.245 e. The van der Waals surface area contributed by atoms with Gasteiger partial charge in [0.05, 0.1) is 11.0 Å². The van der Waals surface area contributed by atoms with E-state index in [1.165, 1.54) is 32.1 Å². The first-order valence-electron chi connectivity index (χ1n) is 14.4. The molecular formula is C28H47FN4O3. The number of carbonyl (C=O) groups is 3. The number of likely N-dealkylation sites (tertiary alicyclic amines) is 1. The van der Waals surface area contributed by atoms with Crippen LogP contribution >= 0.6 is 0 Å². The number of rotatable bonds is 7. The summed E-state index contributed by atoms with van der Waals surface area (Å²) in [5.74, 6) is 0.666. The molecular weight excluding hydrogens is 459 g/mol. The lowest BCUT2D eigenvalue weighted by Gasteiger charge is -2.46. The van der Waals surface area contributed by atoms with Crippen LogP contribution in [0.15, 0.2) is 0 Å². The van der Waals surface area contributed by atoms with Gasteiger partial charge in [-0.25, -0.2) is 4.39 Å². The summed E-state index contributed by atoms with van der Waals surface area (Å²) in [4.78, 5) is 41.8. The van der Waals surface area contributed by atoms with E-state index in [0.717, 1.165) is 32.1 Å². The minimum atomic E-state index is -1.07. The van der Waals surface area contributed by atoms with Gasteiger partial charge in [-0.05, 0) is 83.0 Å². The molecule has 0 aromatic carbocycles. The monoisotopic (exact) mass is 506 g/mol.